The lowest BCUT2D eigenvalue weighted by atomic mass is 9.95. The monoisotopic (exact) mass is 214 g/mol. The SMILES string of the molecule is CCC(OC)C(=O)NC1CCNCC1C. The van der Waals surface area contributed by atoms with Crippen LogP contribution in [-0.2, 0) is 9.53 Å². The van der Waals surface area contributed by atoms with E-state index in [-0.39, 0.29) is 12.0 Å². The van der Waals surface area contributed by atoms with Crippen LogP contribution in [0.4, 0.5) is 0 Å². The number of carbonyl (C=O) groups is 1. The van der Waals surface area contributed by atoms with Crippen LogP contribution < -0.4 is 10.6 Å². The van der Waals surface area contributed by atoms with E-state index in [0.717, 1.165) is 25.9 Å². The van der Waals surface area contributed by atoms with Gasteiger partial charge in [-0.1, -0.05) is 13.8 Å². The molecule has 0 aromatic heterocycles. The molecule has 0 bridgehead atoms. The lowest BCUT2D eigenvalue weighted by molar-refractivity contribution is -0.132. The molecule has 4 nitrogen and oxygen atoms in total. The van der Waals surface area contributed by atoms with Gasteiger partial charge in [-0.15, -0.1) is 0 Å². The number of ether oxygens (including phenoxy) is 1. The van der Waals surface area contributed by atoms with E-state index < -0.39 is 0 Å². The summed E-state index contributed by atoms with van der Waals surface area (Å²) in [6.07, 6.45) is 1.43. The Bertz CT molecular complexity index is 205. The maximum atomic E-state index is 11.8. The second-order valence-electron chi connectivity index (χ2n) is 4.22. The molecule has 0 aromatic rings. The van der Waals surface area contributed by atoms with Crippen LogP contribution in [0, 0.1) is 5.92 Å². The van der Waals surface area contributed by atoms with Gasteiger partial charge in [-0.05, 0) is 31.8 Å². The molecule has 3 unspecified atom stereocenters. The molecule has 1 saturated heterocycles. The minimum atomic E-state index is -0.299. The topological polar surface area (TPSA) is 50.4 Å². The number of rotatable bonds is 4. The molecule has 2 N–H and O–H groups in total. The van der Waals surface area contributed by atoms with E-state index in [9.17, 15) is 4.79 Å². The van der Waals surface area contributed by atoms with Crippen LogP contribution in [0.5, 0.6) is 0 Å². The maximum Gasteiger partial charge on any atom is 0.249 e. The molecule has 1 heterocycles. The van der Waals surface area contributed by atoms with E-state index in [2.05, 4.69) is 17.6 Å². The van der Waals surface area contributed by atoms with Gasteiger partial charge < -0.3 is 15.4 Å². The van der Waals surface area contributed by atoms with Gasteiger partial charge in [0.2, 0.25) is 5.91 Å². The number of nitrogens with one attached hydrogen (secondary N) is 2. The van der Waals surface area contributed by atoms with Crippen molar-refractivity contribution in [3.8, 4) is 0 Å². The summed E-state index contributed by atoms with van der Waals surface area (Å²) >= 11 is 0. The molecule has 0 aliphatic carbocycles. The summed E-state index contributed by atoms with van der Waals surface area (Å²) in [6, 6.07) is 0.294. The zero-order chi connectivity index (χ0) is 11.3. The normalized spacial score (nSPS) is 28.5. The molecule has 15 heavy (non-hydrogen) atoms. The summed E-state index contributed by atoms with van der Waals surface area (Å²) in [6.45, 7) is 6.08. The molecule has 0 aromatic carbocycles. The lowest BCUT2D eigenvalue weighted by Gasteiger charge is -2.31. The van der Waals surface area contributed by atoms with E-state index in [1.807, 2.05) is 6.92 Å². The smallest absolute Gasteiger partial charge is 0.249 e. The van der Waals surface area contributed by atoms with Crippen LogP contribution in [0.15, 0.2) is 0 Å². The molecule has 0 saturated carbocycles. The molecule has 1 fully saturated rings. The fourth-order valence-corrected chi connectivity index (χ4v) is 1.96. The highest BCUT2D eigenvalue weighted by molar-refractivity contribution is 5.81. The Hall–Kier alpha value is -0.610. The standard InChI is InChI=1S/C11H22N2O2/c1-4-10(15-3)11(14)13-9-5-6-12-7-8(9)2/h8-10,12H,4-7H2,1-3H3,(H,13,14). The van der Waals surface area contributed by atoms with E-state index >= 15 is 0 Å². The molecular weight excluding hydrogens is 192 g/mol. The van der Waals surface area contributed by atoms with Crippen molar-refractivity contribution >= 4 is 5.91 Å². The second kappa shape index (κ2) is 6.08. The van der Waals surface area contributed by atoms with E-state index in [0.29, 0.717) is 12.0 Å². The van der Waals surface area contributed by atoms with Crippen molar-refractivity contribution in [2.75, 3.05) is 20.2 Å². The summed E-state index contributed by atoms with van der Waals surface area (Å²) in [5.74, 6) is 0.524. The molecule has 0 radical (unpaired) electrons. The summed E-state index contributed by atoms with van der Waals surface area (Å²) < 4.78 is 5.11. The van der Waals surface area contributed by atoms with Crippen molar-refractivity contribution in [2.24, 2.45) is 5.92 Å². The van der Waals surface area contributed by atoms with Crippen LogP contribution in [0.2, 0.25) is 0 Å². The van der Waals surface area contributed by atoms with Crippen LogP contribution in [0.3, 0.4) is 0 Å². The van der Waals surface area contributed by atoms with Crippen molar-refractivity contribution in [1.29, 1.82) is 0 Å². The van der Waals surface area contributed by atoms with Gasteiger partial charge in [-0.3, -0.25) is 4.79 Å². The second-order valence-corrected chi connectivity index (χ2v) is 4.22. The minimum absolute atomic E-state index is 0.0266. The van der Waals surface area contributed by atoms with Crippen molar-refractivity contribution in [2.45, 2.75) is 38.8 Å². The number of methoxy groups -OCH3 is 1. The zero-order valence-corrected chi connectivity index (χ0v) is 9.88. The van der Waals surface area contributed by atoms with E-state index in [1.165, 1.54) is 0 Å². The quantitative estimate of drug-likeness (QED) is 0.717. The van der Waals surface area contributed by atoms with E-state index in [1.54, 1.807) is 7.11 Å². The highest BCUT2D eigenvalue weighted by Gasteiger charge is 2.25. The molecule has 1 amide bonds. The molecule has 3 atom stereocenters. The number of hydrogen-bond donors (Lipinski definition) is 2. The van der Waals surface area contributed by atoms with Gasteiger partial charge in [0, 0.05) is 13.2 Å². The van der Waals surface area contributed by atoms with Gasteiger partial charge in [-0.25, -0.2) is 0 Å². The minimum Gasteiger partial charge on any atom is -0.372 e. The predicted molar refractivity (Wildman–Crippen MR) is 59.7 cm³/mol. The third-order valence-corrected chi connectivity index (χ3v) is 3.06. The Morgan fingerprint density at radius 3 is 2.93 bits per heavy atom. The molecule has 1 aliphatic rings. The number of carbonyl (C=O) groups excluding carboxylic acids is 1. The lowest BCUT2D eigenvalue weighted by Crippen LogP contribution is -2.51. The summed E-state index contributed by atoms with van der Waals surface area (Å²) in [5.41, 5.74) is 0. The third kappa shape index (κ3) is 3.47. The van der Waals surface area contributed by atoms with Crippen molar-refractivity contribution in [3.05, 3.63) is 0 Å². The van der Waals surface area contributed by atoms with Crippen LogP contribution >= 0.6 is 0 Å². The Kier molecular flexibility index (Phi) is 5.05. The third-order valence-electron chi connectivity index (χ3n) is 3.06. The highest BCUT2D eigenvalue weighted by Crippen LogP contribution is 2.11. The predicted octanol–water partition coefficient (Wildman–Crippen LogP) is 0.526. The molecule has 1 rings (SSSR count). The van der Waals surface area contributed by atoms with Gasteiger partial charge in [0.15, 0.2) is 0 Å². The van der Waals surface area contributed by atoms with Gasteiger partial charge in [0.1, 0.15) is 6.10 Å². The van der Waals surface area contributed by atoms with E-state index in [4.69, 9.17) is 4.74 Å². The summed E-state index contributed by atoms with van der Waals surface area (Å²) in [7, 11) is 1.58. The van der Waals surface area contributed by atoms with Crippen molar-refractivity contribution in [1.82, 2.24) is 10.6 Å². The van der Waals surface area contributed by atoms with Crippen LogP contribution in [-0.4, -0.2) is 38.3 Å². The first kappa shape index (κ1) is 12.5. The Morgan fingerprint density at radius 2 is 2.40 bits per heavy atom. The fourth-order valence-electron chi connectivity index (χ4n) is 1.96. The average Bonchev–Trinajstić information content (AvgIpc) is 2.23. The van der Waals surface area contributed by atoms with Crippen LogP contribution in [0.1, 0.15) is 26.7 Å². The van der Waals surface area contributed by atoms with Gasteiger partial charge >= 0.3 is 0 Å². The van der Waals surface area contributed by atoms with Gasteiger partial charge in [-0.2, -0.15) is 0 Å². The molecular formula is C11H22N2O2. The highest BCUT2D eigenvalue weighted by atomic mass is 16.5. The first-order chi connectivity index (χ1) is 7.19. The van der Waals surface area contributed by atoms with Crippen molar-refractivity contribution in [3.63, 3.8) is 0 Å². The molecule has 88 valence electrons. The van der Waals surface area contributed by atoms with Crippen LogP contribution in [0.25, 0.3) is 0 Å². The summed E-state index contributed by atoms with van der Waals surface area (Å²) in [4.78, 5) is 11.8. The largest absolute Gasteiger partial charge is 0.372 e. The Morgan fingerprint density at radius 1 is 1.67 bits per heavy atom. The number of piperidine rings is 1. The number of hydrogen-bond acceptors (Lipinski definition) is 3. The first-order valence-electron chi connectivity index (χ1n) is 5.73. The zero-order valence-electron chi connectivity index (χ0n) is 9.88. The fraction of sp³-hybridized carbons (Fsp3) is 0.909. The maximum absolute atomic E-state index is 11.8. The summed E-state index contributed by atoms with van der Waals surface area (Å²) in [5, 5.41) is 6.38. The molecule has 1 aliphatic heterocycles. The Labute approximate surface area is 91.8 Å². The Balaban J connectivity index is 2.41. The molecule has 4 heteroatoms. The molecule has 0 spiro atoms. The number of amides is 1. The average molecular weight is 214 g/mol. The first-order valence-corrected chi connectivity index (χ1v) is 5.73. The van der Waals surface area contributed by atoms with Gasteiger partial charge in [0.25, 0.3) is 0 Å². The van der Waals surface area contributed by atoms with Crippen molar-refractivity contribution < 1.29 is 9.53 Å². The van der Waals surface area contributed by atoms with Gasteiger partial charge in [0.05, 0.1) is 0 Å².